The number of ether oxygens (including phenoxy) is 3. The Morgan fingerprint density at radius 3 is 2.65 bits per heavy atom. The Hall–Kier alpha value is -4.00. The molecule has 2 bridgehead atoms. The molecule has 13 heteroatoms. The van der Waals surface area contributed by atoms with Crippen molar-refractivity contribution < 1.29 is 33.4 Å². The maximum Gasteiger partial charge on any atom is 0.408 e. The van der Waals surface area contributed by atoms with Gasteiger partial charge in [0.25, 0.3) is 0 Å². The number of amides is 3. The van der Waals surface area contributed by atoms with E-state index >= 15 is 0 Å². The number of alkyl carbamates (subject to hydrolysis) is 1. The molecule has 0 saturated carbocycles. The minimum atomic E-state index is -1.10. The number of fused-ring (bicyclic) bond motifs is 2. The predicted octanol–water partition coefficient (Wildman–Crippen LogP) is 1.46. The van der Waals surface area contributed by atoms with Crippen LogP contribution in [0.1, 0.15) is 50.8 Å². The number of nitrogens with one attached hydrogen (secondary N) is 3. The number of hydrogen-bond donors (Lipinski definition) is 3. The fourth-order valence-corrected chi connectivity index (χ4v) is 4.15. The van der Waals surface area contributed by atoms with Crippen LogP contribution in [0, 0.1) is 5.92 Å². The first-order chi connectivity index (χ1) is 19.2. The highest BCUT2D eigenvalue weighted by Crippen LogP contribution is 2.10. The molecule has 0 fully saturated rings. The number of aryl methyl sites for hydroxylation is 1. The van der Waals surface area contributed by atoms with Gasteiger partial charge < -0.3 is 30.2 Å². The largest absolute Gasteiger partial charge is 0.467 e. The van der Waals surface area contributed by atoms with E-state index in [1.54, 1.807) is 10.9 Å². The lowest BCUT2D eigenvalue weighted by Gasteiger charge is -2.25. The zero-order valence-corrected chi connectivity index (χ0v) is 23.1. The van der Waals surface area contributed by atoms with Crippen molar-refractivity contribution in [3.8, 4) is 0 Å². The highest BCUT2D eigenvalue weighted by Gasteiger charge is 2.31. The minimum Gasteiger partial charge on any atom is -0.467 e. The molecule has 1 aliphatic heterocycles. The number of rotatable bonds is 6. The summed E-state index contributed by atoms with van der Waals surface area (Å²) < 4.78 is 17.4. The monoisotopic (exact) mass is 558 g/mol. The molecular weight excluding hydrogens is 520 g/mol. The number of benzene rings is 1. The number of hydrogen-bond acceptors (Lipinski definition) is 9. The Bertz CT molecular complexity index is 1120. The fraction of sp³-hybridized carbons (Fsp3) is 0.556. The summed E-state index contributed by atoms with van der Waals surface area (Å²) >= 11 is 0. The van der Waals surface area contributed by atoms with Gasteiger partial charge in [0.1, 0.15) is 24.4 Å². The van der Waals surface area contributed by atoms with Crippen molar-refractivity contribution in [3.05, 3.63) is 47.8 Å². The molecule has 40 heavy (non-hydrogen) atoms. The van der Waals surface area contributed by atoms with E-state index in [2.05, 4.69) is 26.3 Å². The maximum atomic E-state index is 13.4. The topological polar surface area (TPSA) is 163 Å². The van der Waals surface area contributed by atoms with Crippen molar-refractivity contribution in [2.24, 2.45) is 5.92 Å². The van der Waals surface area contributed by atoms with Crippen molar-refractivity contribution in [3.63, 3.8) is 0 Å². The van der Waals surface area contributed by atoms with E-state index in [-0.39, 0.29) is 25.7 Å². The first kappa shape index (κ1) is 30.5. The third-order valence-corrected chi connectivity index (χ3v) is 6.21. The van der Waals surface area contributed by atoms with Crippen LogP contribution in [0.3, 0.4) is 0 Å². The molecule has 0 saturated heterocycles. The molecule has 0 radical (unpaired) electrons. The predicted molar refractivity (Wildman–Crippen MR) is 142 cm³/mol. The van der Waals surface area contributed by atoms with E-state index in [4.69, 9.17) is 14.2 Å². The molecule has 1 aromatic carbocycles. The van der Waals surface area contributed by atoms with Gasteiger partial charge in [-0.15, -0.1) is 5.10 Å². The highest BCUT2D eigenvalue weighted by atomic mass is 16.5. The van der Waals surface area contributed by atoms with Crippen molar-refractivity contribution in [1.29, 1.82) is 0 Å². The van der Waals surface area contributed by atoms with Gasteiger partial charge in [0, 0.05) is 6.54 Å². The highest BCUT2D eigenvalue weighted by molar-refractivity contribution is 5.93. The number of aromatic nitrogens is 3. The van der Waals surface area contributed by atoms with Gasteiger partial charge in [-0.25, -0.2) is 9.59 Å². The Morgan fingerprint density at radius 1 is 1.15 bits per heavy atom. The van der Waals surface area contributed by atoms with Crippen LogP contribution in [0.2, 0.25) is 0 Å². The van der Waals surface area contributed by atoms with Gasteiger partial charge in [-0.1, -0.05) is 49.4 Å². The maximum absolute atomic E-state index is 13.4. The zero-order valence-electron chi connectivity index (χ0n) is 23.1. The molecule has 218 valence electrons. The molecule has 2 aromatic rings. The normalized spacial score (nSPS) is 21.1. The van der Waals surface area contributed by atoms with Crippen LogP contribution >= 0.6 is 0 Å². The second-order valence-corrected chi connectivity index (χ2v) is 10.0. The second kappa shape index (κ2) is 15.6. The molecule has 1 aromatic heterocycles. The van der Waals surface area contributed by atoms with Crippen LogP contribution in [0.15, 0.2) is 36.5 Å². The third kappa shape index (κ3) is 9.95. The van der Waals surface area contributed by atoms with E-state index in [1.807, 2.05) is 44.2 Å². The summed E-state index contributed by atoms with van der Waals surface area (Å²) in [6.07, 6.45) is 2.83. The average molecular weight is 559 g/mol. The summed E-state index contributed by atoms with van der Waals surface area (Å²) in [6, 6.07) is 6.17. The smallest absolute Gasteiger partial charge is 0.408 e. The van der Waals surface area contributed by atoms with Crippen molar-refractivity contribution in [1.82, 2.24) is 30.9 Å². The molecule has 13 nitrogen and oxygen atoms in total. The van der Waals surface area contributed by atoms with Gasteiger partial charge in [0.15, 0.2) is 6.04 Å². The van der Waals surface area contributed by atoms with E-state index < -0.39 is 42.0 Å². The Balaban J connectivity index is 1.77. The molecule has 3 N–H and O–H groups in total. The van der Waals surface area contributed by atoms with Crippen molar-refractivity contribution in [2.45, 2.75) is 77.4 Å². The molecule has 1 aliphatic rings. The quantitative estimate of drug-likeness (QED) is 0.446. The molecule has 0 spiro atoms. The van der Waals surface area contributed by atoms with E-state index in [1.165, 1.54) is 7.11 Å². The lowest BCUT2D eigenvalue weighted by atomic mass is 10.0. The van der Waals surface area contributed by atoms with Crippen LogP contribution in [-0.2, 0) is 48.4 Å². The Morgan fingerprint density at radius 2 is 1.93 bits per heavy atom. The van der Waals surface area contributed by atoms with Crippen LogP contribution in [0.5, 0.6) is 0 Å². The fourth-order valence-electron chi connectivity index (χ4n) is 4.15. The molecule has 0 aliphatic carbocycles. The summed E-state index contributed by atoms with van der Waals surface area (Å²) in [4.78, 5) is 51.6. The first-order valence-electron chi connectivity index (χ1n) is 13.4. The van der Waals surface area contributed by atoms with Crippen LogP contribution < -0.4 is 16.0 Å². The average Bonchev–Trinajstić information content (AvgIpc) is 3.39. The SMILES string of the molecule is COC(=O)[C@@H]1COCc2cn(nn2)CCCC[C@H](NC(=O)OCc2ccccc2)C(=O)N[C@@H](CC(C)C)C(=O)N1. The second-order valence-electron chi connectivity index (χ2n) is 10.0. The Kier molecular flexibility index (Phi) is 11.9. The summed E-state index contributed by atoms with van der Waals surface area (Å²) in [6.45, 7) is 4.33. The summed E-state index contributed by atoms with van der Waals surface area (Å²) in [5, 5.41) is 16.2. The van der Waals surface area contributed by atoms with Crippen LogP contribution in [0.25, 0.3) is 0 Å². The van der Waals surface area contributed by atoms with Gasteiger partial charge in [-0.3, -0.25) is 14.3 Å². The van der Waals surface area contributed by atoms with Crippen LogP contribution in [-0.4, -0.2) is 70.7 Å². The number of esters is 1. The van der Waals surface area contributed by atoms with Gasteiger partial charge in [-0.2, -0.15) is 0 Å². The third-order valence-electron chi connectivity index (χ3n) is 6.21. The summed E-state index contributed by atoms with van der Waals surface area (Å²) in [7, 11) is 1.21. The number of carbonyl (C=O) groups excluding carboxylic acids is 4. The lowest BCUT2D eigenvalue weighted by Crippen LogP contribution is -2.56. The van der Waals surface area contributed by atoms with Gasteiger partial charge >= 0.3 is 12.1 Å². The molecule has 3 atom stereocenters. The van der Waals surface area contributed by atoms with Gasteiger partial charge in [-0.05, 0) is 37.2 Å². The van der Waals surface area contributed by atoms with E-state index in [9.17, 15) is 19.2 Å². The number of carbonyl (C=O) groups is 4. The van der Waals surface area contributed by atoms with E-state index in [0.717, 1.165) is 5.56 Å². The zero-order chi connectivity index (χ0) is 28.9. The van der Waals surface area contributed by atoms with E-state index in [0.29, 0.717) is 37.9 Å². The number of nitrogens with zero attached hydrogens (tertiary/aromatic N) is 3. The van der Waals surface area contributed by atoms with Crippen molar-refractivity contribution in [2.75, 3.05) is 13.7 Å². The van der Waals surface area contributed by atoms with Gasteiger partial charge in [0.2, 0.25) is 11.8 Å². The minimum absolute atomic E-state index is 0.0436. The summed E-state index contributed by atoms with van der Waals surface area (Å²) in [5.74, 6) is -1.75. The van der Waals surface area contributed by atoms with Crippen molar-refractivity contribution >= 4 is 23.9 Å². The van der Waals surface area contributed by atoms with Gasteiger partial charge in [0.05, 0.1) is 26.5 Å². The van der Waals surface area contributed by atoms with Crippen LogP contribution in [0.4, 0.5) is 4.79 Å². The Labute approximate surface area is 233 Å². The molecule has 0 unspecified atom stereocenters. The summed E-state index contributed by atoms with van der Waals surface area (Å²) in [5.41, 5.74) is 1.37. The first-order valence-corrected chi connectivity index (χ1v) is 13.4. The molecule has 3 amide bonds. The number of methoxy groups -OCH3 is 1. The lowest BCUT2D eigenvalue weighted by molar-refractivity contribution is -0.147. The molecule has 2 heterocycles. The molecule has 3 rings (SSSR count). The standard InChI is InChI=1S/C27H38N6O7/c1-18(2)13-22-25(35)29-23(26(36)38-3)17-39-16-20-14-33(32-31-20)12-8-7-11-21(24(34)28-22)30-27(37)40-15-19-9-5-4-6-10-19/h4-6,9-10,14,18,21-23H,7-8,11-13,15-17H2,1-3H3,(H,28,34)(H,29,35)(H,30,37)/t21-,22-,23-/m0/s1. The molecular formula is C27H38N6O7.